The lowest BCUT2D eigenvalue weighted by Crippen LogP contribution is -2.86. The number of nitrogens with one attached hydrogen (secondary N) is 1. The summed E-state index contributed by atoms with van der Waals surface area (Å²) in [6.07, 6.45) is 5.11. The van der Waals surface area contributed by atoms with Gasteiger partial charge in [0.15, 0.2) is 0 Å². The Bertz CT molecular complexity index is 466. The van der Waals surface area contributed by atoms with Crippen LogP contribution in [0, 0.1) is 0 Å². The maximum atomic E-state index is 11.9. The largest absolute Gasteiger partial charge is 0.445 e. The molecule has 0 aromatic heterocycles. The molecule has 1 aromatic carbocycles. The number of hydrogen-bond donors (Lipinski definition) is 2. The fourth-order valence-corrected chi connectivity index (χ4v) is 3.67. The van der Waals surface area contributed by atoms with Crippen LogP contribution in [0.15, 0.2) is 30.3 Å². The monoisotopic (exact) mass is 261 g/mol. The number of alkyl carbamates (subject to hydrolysis) is 1. The maximum Gasteiger partial charge on any atom is 0.407 e. The molecule has 4 N–H and O–H groups in total. The van der Waals surface area contributed by atoms with Gasteiger partial charge in [0.1, 0.15) is 6.61 Å². The Hall–Kier alpha value is -1.55. The highest BCUT2D eigenvalue weighted by molar-refractivity contribution is 5.68. The first-order valence-electron chi connectivity index (χ1n) is 6.94. The van der Waals surface area contributed by atoms with Crippen LogP contribution in [0.5, 0.6) is 0 Å². The first-order valence-corrected chi connectivity index (χ1v) is 6.94. The summed E-state index contributed by atoms with van der Waals surface area (Å²) in [7, 11) is 0. The predicted molar refractivity (Wildman–Crippen MR) is 71.2 cm³/mol. The van der Waals surface area contributed by atoms with Crippen LogP contribution in [0.1, 0.15) is 37.7 Å². The highest BCUT2D eigenvalue weighted by atomic mass is 16.5. The molecule has 0 aliphatic heterocycles. The minimum absolute atomic E-state index is 0.0340. The van der Waals surface area contributed by atoms with Crippen molar-refractivity contribution < 1.29 is 15.3 Å². The van der Waals surface area contributed by atoms with E-state index in [0.717, 1.165) is 31.2 Å². The minimum atomic E-state index is -0.298. The molecule has 3 aliphatic rings. The van der Waals surface area contributed by atoms with E-state index in [4.69, 9.17) is 4.74 Å². The molecule has 102 valence electrons. The van der Waals surface area contributed by atoms with E-state index in [0.29, 0.717) is 6.61 Å². The average Bonchev–Trinajstić information content (AvgIpc) is 2.36. The summed E-state index contributed by atoms with van der Waals surface area (Å²) in [5, 5.41) is 3.06. The molecule has 1 amide bonds. The molecule has 0 saturated heterocycles. The van der Waals surface area contributed by atoms with Gasteiger partial charge in [-0.15, -0.1) is 0 Å². The smallest absolute Gasteiger partial charge is 0.407 e. The molecule has 0 atom stereocenters. The summed E-state index contributed by atoms with van der Waals surface area (Å²) in [5.74, 6) is 0. The zero-order valence-corrected chi connectivity index (χ0v) is 11.2. The maximum absolute atomic E-state index is 11.9. The Morgan fingerprint density at radius 2 is 2.00 bits per heavy atom. The van der Waals surface area contributed by atoms with Crippen molar-refractivity contribution in [2.75, 3.05) is 0 Å². The third kappa shape index (κ3) is 2.59. The van der Waals surface area contributed by atoms with Gasteiger partial charge in [0.05, 0.1) is 11.1 Å². The molecule has 0 heterocycles. The topological polar surface area (TPSA) is 66.0 Å². The third-order valence-corrected chi connectivity index (χ3v) is 4.37. The zero-order chi connectivity index (χ0) is 13.3. The van der Waals surface area contributed by atoms with E-state index in [2.05, 4.69) is 11.1 Å². The van der Waals surface area contributed by atoms with Crippen molar-refractivity contribution in [2.45, 2.75) is 49.8 Å². The molecule has 0 radical (unpaired) electrons. The standard InChI is InChI=1S/C15H20N2O2/c16-14-7-4-8-15(10-14,11-14)17-13(18)19-9-12-5-2-1-3-6-12/h1-3,5-6H,4,7-11,16H2,(H,17,18)/p+1. The van der Waals surface area contributed by atoms with E-state index in [9.17, 15) is 4.79 Å². The summed E-state index contributed by atoms with van der Waals surface area (Å²) in [6.45, 7) is 0.332. The number of amides is 1. The van der Waals surface area contributed by atoms with Crippen molar-refractivity contribution >= 4 is 6.09 Å². The van der Waals surface area contributed by atoms with Gasteiger partial charge in [-0.25, -0.2) is 4.79 Å². The Labute approximate surface area is 113 Å². The lowest BCUT2D eigenvalue weighted by atomic mass is 9.55. The summed E-state index contributed by atoms with van der Waals surface area (Å²) >= 11 is 0. The number of carbonyl (C=O) groups excluding carboxylic acids is 1. The van der Waals surface area contributed by atoms with Crippen molar-refractivity contribution in [3.8, 4) is 0 Å². The van der Waals surface area contributed by atoms with E-state index < -0.39 is 0 Å². The second kappa shape index (κ2) is 4.53. The van der Waals surface area contributed by atoms with Crippen LogP contribution in [0.25, 0.3) is 0 Å². The predicted octanol–water partition coefficient (Wildman–Crippen LogP) is 1.61. The minimum Gasteiger partial charge on any atom is -0.445 e. The van der Waals surface area contributed by atoms with Crippen LogP contribution in [-0.4, -0.2) is 17.2 Å². The zero-order valence-electron chi connectivity index (χ0n) is 11.2. The SMILES string of the molecule is [NH3+]C12CCCC(NC(=O)OCc3ccccc3)(C1)C2. The van der Waals surface area contributed by atoms with Crippen LogP contribution >= 0.6 is 0 Å². The number of quaternary nitrogens is 1. The van der Waals surface area contributed by atoms with Gasteiger partial charge in [-0.2, -0.15) is 0 Å². The number of ether oxygens (including phenoxy) is 1. The normalized spacial score (nSPS) is 32.3. The molecule has 1 aromatic rings. The molecule has 0 spiro atoms. The quantitative estimate of drug-likeness (QED) is 0.868. The van der Waals surface area contributed by atoms with Crippen molar-refractivity contribution in [3.63, 3.8) is 0 Å². The summed E-state index contributed by atoms with van der Waals surface area (Å²) < 4.78 is 5.28. The second-order valence-corrected chi connectivity index (χ2v) is 6.17. The number of fused-ring (bicyclic) bond motifs is 2. The highest BCUT2D eigenvalue weighted by Crippen LogP contribution is 2.49. The number of benzene rings is 1. The molecular weight excluding hydrogens is 240 g/mol. The summed E-state index contributed by atoms with van der Waals surface area (Å²) in [6, 6.07) is 9.75. The summed E-state index contributed by atoms with van der Waals surface area (Å²) in [4.78, 5) is 11.9. The Morgan fingerprint density at radius 3 is 2.68 bits per heavy atom. The Morgan fingerprint density at radius 1 is 1.26 bits per heavy atom. The van der Waals surface area contributed by atoms with E-state index in [1.165, 1.54) is 6.42 Å². The van der Waals surface area contributed by atoms with Crippen LogP contribution < -0.4 is 11.1 Å². The number of carbonyl (C=O) groups is 1. The van der Waals surface area contributed by atoms with Crippen LogP contribution in [-0.2, 0) is 11.3 Å². The third-order valence-electron chi connectivity index (χ3n) is 4.37. The van der Waals surface area contributed by atoms with Crippen molar-refractivity contribution in [1.29, 1.82) is 0 Å². The van der Waals surface area contributed by atoms with Gasteiger partial charge < -0.3 is 15.8 Å². The molecule has 3 aliphatic carbocycles. The molecule has 3 saturated carbocycles. The lowest BCUT2D eigenvalue weighted by molar-refractivity contribution is -0.517. The molecule has 4 heteroatoms. The fourth-order valence-electron chi connectivity index (χ4n) is 3.67. The molecule has 0 unspecified atom stereocenters. The van der Waals surface area contributed by atoms with Crippen molar-refractivity contribution in [2.24, 2.45) is 0 Å². The van der Waals surface area contributed by atoms with Gasteiger partial charge in [0.25, 0.3) is 0 Å². The van der Waals surface area contributed by atoms with E-state index in [1.807, 2.05) is 30.3 Å². The van der Waals surface area contributed by atoms with Crippen molar-refractivity contribution in [1.82, 2.24) is 5.32 Å². The van der Waals surface area contributed by atoms with E-state index in [-0.39, 0.29) is 17.2 Å². The van der Waals surface area contributed by atoms with E-state index in [1.54, 1.807) is 0 Å². The van der Waals surface area contributed by atoms with Crippen LogP contribution in [0.4, 0.5) is 4.79 Å². The average molecular weight is 261 g/mol. The Balaban J connectivity index is 1.50. The number of rotatable bonds is 3. The fraction of sp³-hybridized carbons (Fsp3) is 0.533. The van der Waals surface area contributed by atoms with Gasteiger partial charge in [0, 0.05) is 19.3 Å². The first-order chi connectivity index (χ1) is 9.09. The lowest BCUT2D eigenvalue weighted by Gasteiger charge is -2.55. The molecule has 4 rings (SSSR count). The number of hydrogen-bond acceptors (Lipinski definition) is 2. The first kappa shape index (κ1) is 12.5. The van der Waals surface area contributed by atoms with Gasteiger partial charge in [-0.1, -0.05) is 30.3 Å². The summed E-state index contributed by atoms with van der Waals surface area (Å²) in [5.41, 5.74) is 5.44. The second-order valence-electron chi connectivity index (χ2n) is 6.17. The van der Waals surface area contributed by atoms with Crippen LogP contribution in [0.3, 0.4) is 0 Å². The highest BCUT2D eigenvalue weighted by Gasteiger charge is 2.59. The molecule has 2 bridgehead atoms. The van der Waals surface area contributed by atoms with Gasteiger partial charge in [-0.3, -0.25) is 0 Å². The molecule has 19 heavy (non-hydrogen) atoms. The van der Waals surface area contributed by atoms with Gasteiger partial charge >= 0.3 is 6.09 Å². The Kier molecular flexibility index (Phi) is 2.97. The van der Waals surface area contributed by atoms with Gasteiger partial charge in [-0.05, 0) is 18.4 Å². The van der Waals surface area contributed by atoms with Gasteiger partial charge in [0.2, 0.25) is 0 Å². The van der Waals surface area contributed by atoms with Crippen molar-refractivity contribution in [3.05, 3.63) is 35.9 Å². The molecule has 3 fully saturated rings. The van der Waals surface area contributed by atoms with Crippen LogP contribution in [0.2, 0.25) is 0 Å². The molecule has 4 nitrogen and oxygen atoms in total. The molecular formula is C15H21N2O2+. The van der Waals surface area contributed by atoms with E-state index >= 15 is 0 Å².